The number of aromatic nitrogens is 2. The Bertz CT molecular complexity index is 1290. The van der Waals surface area contributed by atoms with Crippen LogP contribution in [0.2, 0.25) is 0 Å². The van der Waals surface area contributed by atoms with Crippen LogP contribution >= 0.6 is 0 Å². The van der Waals surface area contributed by atoms with Crippen LogP contribution in [0.4, 0.5) is 42.8 Å². The Hall–Kier alpha value is -4.21. The van der Waals surface area contributed by atoms with Crippen LogP contribution in [0.1, 0.15) is 31.9 Å². The Kier molecular flexibility index (Phi) is 6.29. The van der Waals surface area contributed by atoms with Crippen molar-refractivity contribution in [1.82, 2.24) is 9.97 Å². The largest absolute Gasteiger partial charge is 0.357 e. The Morgan fingerprint density at radius 3 is 2.60 bits per heavy atom. The molecule has 9 nitrogen and oxygen atoms in total. The SMILES string of the molecule is CNc1ncc2c(n1)N(C)C(=O)N(c1ccc(F)c(NC(=O)Nc3cccc(C(C)(C)C)c3)c1)C2. The van der Waals surface area contributed by atoms with Crippen molar-refractivity contribution >= 4 is 40.9 Å². The summed E-state index contributed by atoms with van der Waals surface area (Å²) in [6, 6.07) is 10.7. The second kappa shape index (κ2) is 9.21. The zero-order chi connectivity index (χ0) is 25.3. The molecule has 3 N–H and O–H groups in total. The van der Waals surface area contributed by atoms with E-state index in [0.29, 0.717) is 23.1 Å². The van der Waals surface area contributed by atoms with Crippen molar-refractivity contribution < 1.29 is 14.0 Å². The fourth-order valence-corrected chi connectivity index (χ4v) is 3.76. The van der Waals surface area contributed by atoms with Gasteiger partial charge in [-0.3, -0.25) is 9.80 Å². The van der Waals surface area contributed by atoms with Gasteiger partial charge in [0.2, 0.25) is 5.95 Å². The van der Waals surface area contributed by atoms with E-state index in [0.717, 1.165) is 11.1 Å². The first-order valence-corrected chi connectivity index (χ1v) is 11.1. The molecule has 0 spiro atoms. The first-order valence-electron chi connectivity index (χ1n) is 11.1. The molecule has 0 saturated carbocycles. The standard InChI is InChI=1S/C25H28FN7O2/c1-25(2,3)16-7-6-8-17(11-16)29-23(34)30-20-12-18(9-10-19(20)26)33-14-15-13-28-22(27-4)31-21(15)32(5)24(33)35/h6-13H,14H2,1-5H3,(H,27,28,31)(H2,29,30,34). The van der Waals surface area contributed by atoms with Crippen LogP contribution in [0, 0.1) is 5.82 Å². The number of fused-ring (bicyclic) bond motifs is 1. The molecule has 35 heavy (non-hydrogen) atoms. The van der Waals surface area contributed by atoms with Crippen LogP contribution < -0.4 is 25.8 Å². The maximum Gasteiger partial charge on any atom is 0.330 e. The number of urea groups is 2. The van der Waals surface area contributed by atoms with E-state index in [2.05, 4.69) is 46.7 Å². The first-order chi connectivity index (χ1) is 16.6. The van der Waals surface area contributed by atoms with Gasteiger partial charge in [-0.15, -0.1) is 0 Å². The van der Waals surface area contributed by atoms with Gasteiger partial charge in [-0.25, -0.2) is 19.0 Å². The molecule has 182 valence electrons. The molecular weight excluding hydrogens is 449 g/mol. The van der Waals surface area contributed by atoms with E-state index in [1.807, 2.05) is 18.2 Å². The third kappa shape index (κ3) is 5.01. The summed E-state index contributed by atoms with van der Waals surface area (Å²) < 4.78 is 14.6. The monoisotopic (exact) mass is 477 g/mol. The molecule has 4 rings (SSSR count). The highest BCUT2D eigenvalue weighted by Gasteiger charge is 2.31. The summed E-state index contributed by atoms with van der Waals surface area (Å²) >= 11 is 0. The lowest BCUT2D eigenvalue weighted by Crippen LogP contribution is -2.46. The number of carbonyl (C=O) groups is 2. The minimum Gasteiger partial charge on any atom is -0.357 e. The van der Waals surface area contributed by atoms with Crippen molar-refractivity contribution in [1.29, 1.82) is 0 Å². The average molecular weight is 478 g/mol. The minimum absolute atomic E-state index is 0.0463. The second-order valence-electron chi connectivity index (χ2n) is 9.29. The molecule has 0 fully saturated rings. The van der Waals surface area contributed by atoms with Crippen molar-refractivity contribution in [3.63, 3.8) is 0 Å². The molecule has 0 saturated heterocycles. The van der Waals surface area contributed by atoms with Gasteiger partial charge in [-0.1, -0.05) is 32.9 Å². The summed E-state index contributed by atoms with van der Waals surface area (Å²) in [5.74, 6) is 0.291. The van der Waals surface area contributed by atoms with Crippen LogP contribution in [0.15, 0.2) is 48.7 Å². The van der Waals surface area contributed by atoms with Crippen LogP contribution in [0.25, 0.3) is 0 Å². The molecule has 4 amide bonds. The van der Waals surface area contributed by atoms with Gasteiger partial charge >= 0.3 is 12.1 Å². The fourth-order valence-electron chi connectivity index (χ4n) is 3.76. The molecule has 0 radical (unpaired) electrons. The van der Waals surface area contributed by atoms with Crippen molar-refractivity contribution in [2.45, 2.75) is 32.7 Å². The van der Waals surface area contributed by atoms with Crippen molar-refractivity contribution in [2.24, 2.45) is 0 Å². The number of halogens is 1. The molecule has 1 aliphatic rings. The van der Waals surface area contributed by atoms with Crippen molar-refractivity contribution in [3.05, 3.63) is 65.6 Å². The molecular formula is C25H28FN7O2. The lowest BCUT2D eigenvalue weighted by atomic mass is 9.87. The highest BCUT2D eigenvalue weighted by molar-refractivity contribution is 6.06. The van der Waals surface area contributed by atoms with Gasteiger partial charge in [0.1, 0.15) is 11.6 Å². The number of anilines is 5. The number of benzene rings is 2. The lowest BCUT2D eigenvalue weighted by molar-refractivity contribution is 0.251. The zero-order valence-electron chi connectivity index (χ0n) is 20.3. The van der Waals surface area contributed by atoms with Gasteiger partial charge in [0.05, 0.1) is 12.2 Å². The van der Waals surface area contributed by atoms with Crippen LogP contribution in [-0.4, -0.2) is 36.1 Å². The number of nitrogens with one attached hydrogen (secondary N) is 3. The van der Waals surface area contributed by atoms with E-state index in [1.165, 1.54) is 28.0 Å². The van der Waals surface area contributed by atoms with E-state index >= 15 is 0 Å². The fraction of sp³-hybridized carbons (Fsp3) is 0.280. The summed E-state index contributed by atoms with van der Waals surface area (Å²) in [5.41, 5.74) is 2.69. The first kappa shape index (κ1) is 23.9. The highest BCUT2D eigenvalue weighted by atomic mass is 19.1. The molecule has 0 aliphatic carbocycles. The topological polar surface area (TPSA) is 102 Å². The van der Waals surface area contributed by atoms with Crippen LogP contribution in [-0.2, 0) is 12.0 Å². The third-order valence-electron chi connectivity index (χ3n) is 5.73. The van der Waals surface area contributed by atoms with Gasteiger partial charge in [0.15, 0.2) is 0 Å². The molecule has 2 heterocycles. The van der Waals surface area contributed by atoms with E-state index in [4.69, 9.17) is 0 Å². The zero-order valence-corrected chi connectivity index (χ0v) is 20.3. The third-order valence-corrected chi connectivity index (χ3v) is 5.73. The number of carbonyl (C=O) groups excluding carboxylic acids is 2. The smallest absolute Gasteiger partial charge is 0.330 e. The van der Waals surface area contributed by atoms with Gasteiger partial charge in [0, 0.05) is 37.2 Å². The quantitative estimate of drug-likeness (QED) is 0.481. The predicted octanol–water partition coefficient (Wildman–Crippen LogP) is 5.18. The van der Waals surface area contributed by atoms with Gasteiger partial charge in [0.25, 0.3) is 0 Å². The number of hydrogen-bond donors (Lipinski definition) is 3. The lowest BCUT2D eigenvalue weighted by Gasteiger charge is -2.34. The van der Waals surface area contributed by atoms with E-state index < -0.39 is 11.8 Å². The number of nitrogens with zero attached hydrogens (tertiary/aromatic N) is 4. The highest BCUT2D eigenvalue weighted by Crippen LogP contribution is 2.32. The number of hydrogen-bond acceptors (Lipinski definition) is 5. The minimum atomic E-state index is -0.618. The maximum absolute atomic E-state index is 14.6. The molecule has 0 atom stereocenters. The molecule has 0 bridgehead atoms. The summed E-state index contributed by atoms with van der Waals surface area (Å²) in [4.78, 5) is 37.1. The normalized spacial score (nSPS) is 13.4. The molecule has 0 unspecified atom stereocenters. The van der Waals surface area contributed by atoms with Gasteiger partial charge in [-0.2, -0.15) is 4.98 Å². The molecule has 2 aromatic carbocycles. The van der Waals surface area contributed by atoms with E-state index in [9.17, 15) is 14.0 Å². The summed E-state index contributed by atoms with van der Waals surface area (Å²) in [6.07, 6.45) is 1.64. The molecule has 1 aliphatic heterocycles. The van der Waals surface area contributed by atoms with E-state index in [-0.39, 0.29) is 23.7 Å². The number of rotatable bonds is 4. The van der Waals surface area contributed by atoms with Crippen LogP contribution in [0.3, 0.4) is 0 Å². The van der Waals surface area contributed by atoms with Crippen molar-refractivity contribution in [2.75, 3.05) is 39.8 Å². The number of amides is 4. The summed E-state index contributed by atoms with van der Waals surface area (Å²) in [7, 11) is 3.31. The average Bonchev–Trinajstić information content (AvgIpc) is 2.82. The van der Waals surface area contributed by atoms with E-state index in [1.54, 1.807) is 26.4 Å². The second-order valence-corrected chi connectivity index (χ2v) is 9.29. The maximum atomic E-state index is 14.6. The molecule has 1 aromatic heterocycles. The van der Waals surface area contributed by atoms with Gasteiger partial charge < -0.3 is 16.0 Å². The Labute approximate surface area is 203 Å². The predicted molar refractivity (Wildman–Crippen MR) is 136 cm³/mol. The van der Waals surface area contributed by atoms with Crippen molar-refractivity contribution in [3.8, 4) is 0 Å². The Balaban J connectivity index is 1.54. The summed E-state index contributed by atoms with van der Waals surface area (Å²) in [6.45, 7) is 6.45. The molecule has 3 aromatic rings. The summed E-state index contributed by atoms with van der Waals surface area (Å²) in [5, 5.41) is 8.14. The Morgan fingerprint density at radius 2 is 1.89 bits per heavy atom. The molecule has 10 heteroatoms. The Morgan fingerprint density at radius 1 is 1.11 bits per heavy atom. The van der Waals surface area contributed by atoms with Gasteiger partial charge in [-0.05, 0) is 41.3 Å². The van der Waals surface area contributed by atoms with Crippen LogP contribution in [0.5, 0.6) is 0 Å².